The Hall–Kier alpha value is -6.04. The van der Waals surface area contributed by atoms with Gasteiger partial charge in [0.2, 0.25) is 0 Å². The minimum Gasteiger partial charge on any atom is -0.376 e. The predicted molar refractivity (Wildman–Crippen MR) is 248 cm³/mol. The van der Waals surface area contributed by atoms with E-state index in [0.29, 0.717) is 89.3 Å². The summed E-state index contributed by atoms with van der Waals surface area (Å²) in [7, 11) is -2.31. The van der Waals surface area contributed by atoms with E-state index >= 15 is 9.18 Å². The SMILES string of the molecule is Cc1cc(-n2nc3c(c2-n2ccn(-c4ccc5c(c4)CC[S@](C)(=O)=N5)c2=O)[C@H](C)N(C(=O)c2cc4cc([C@H]5CCOC(C)(C)C5)ccc4n2[C@@]2(C4NOC(=O)N4)C[C@@H]2C)CC3)cc(C)c1F. The molecule has 17 heteroatoms. The Balaban J connectivity index is 1.04. The molecule has 3 aromatic heterocycles. The molecule has 66 heavy (non-hydrogen) atoms. The van der Waals surface area contributed by atoms with Crippen molar-refractivity contribution in [3.63, 3.8) is 0 Å². The number of hydrogen-bond donors (Lipinski definition) is 2. The number of benzene rings is 3. The van der Waals surface area contributed by atoms with Gasteiger partial charge in [-0.2, -0.15) is 9.46 Å². The number of carbonyl (C=O) groups is 2. The molecule has 7 heterocycles. The van der Waals surface area contributed by atoms with E-state index in [1.165, 1.54) is 5.56 Å². The highest BCUT2D eigenvalue weighted by Crippen LogP contribution is 2.55. The monoisotopic (exact) mass is 915 g/mol. The molecule has 6 atom stereocenters. The first-order valence-electron chi connectivity index (χ1n) is 22.8. The molecule has 344 valence electrons. The second-order valence-corrected chi connectivity index (χ2v) is 22.2. The average Bonchev–Trinajstić information content (AvgIpc) is 3.77. The summed E-state index contributed by atoms with van der Waals surface area (Å²) in [5.74, 6) is 0.753. The van der Waals surface area contributed by atoms with Gasteiger partial charge in [-0.25, -0.2) is 22.9 Å². The van der Waals surface area contributed by atoms with Gasteiger partial charge in [0.1, 0.15) is 23.5 Å². The molecule has 11 rings (SSSR count). The van der Waals surface area contributed by atoms with Crippen LogP contribution < -0.4 is 16.5 Å². The Morgan fingerprint density at radius 2 is 1.71 bits per heavy atom. The zero-order chi connectivity index (χ0) is 46.2. The van der Waals surface area contributed by atoms with Gasteiger partial charge in [0.25, 0.3) is 5.91 Å². The number of nitrogens with one attached hydrogen (secondary N) is 2. The molecule has 1 unspecified atom stereocenters. The summed E-state index contributed by atoms with van der Waals surface area (Å²) in [6.45, 7) is 12.8. The molecular formula is C49H54FN9O6S. The van der Waals surface area contributed by atoms with Crippen LogP contribution in [0, 0.1) is 25.6 Å². The van der Waals surface area contributed by atoms with E-state index in [4.69, 9.17) is 14.7 Å². The van der Waals surface area contributed by atoms with Gasteiger partial charge in [0, 0.05) is 70.2 Å². The summed E-state index contributed by atoms with van der Waals surface area (Å²) in [5, 5.41) is 9.01. The van der Waals surface area contributed by atoms with Crippen molar-refractivity contribution in [2.75, 3.05) is 25.2 Å². The number of hydroxylamine groups is 1. The van der Waals surface area contributed by atoms with Gasteiger partial charge >= 0.3 is 11.8 Å². The number of hydrogen-bond acceptors (Lipinski definition) is 9. The van der Waals surface area contributed by atoms with Gasteiger partial charge in [0.15, 0.2) is 0 Å². The molecule has 3 aromatic carbocycles. The summed E-state index contributed by atoms with van der Waals surface area (Å²) in [6, 6.07) is 16.9. The third-order valence-electron chi connectivity index (χ3n) is 14.8. The molecule has 6 aromatic rings. The lowest BCUT2D eigenvalue weighted by atomic mass is 9.83. The van der Waals surface area contributed by atoms with Crippen LogP contribution in [-0.2, 0) is 37.7 Å². The van der Waals surface area contributed by atoms with Gasteiger partial charge in [-0.15, -0.1) is 5.48 Å². The quantitative estimate of drug-likeness (QED) is 0.166. The fraction of sp³-hybridized carbons (Fsp3) is 0.429. The van der Waals surface area contributed by atoms with E-state index in [1.807, 2.05) is 24.0 Å². The van der Waals surface area contributed by atoms with Crippen molar-refractivity contribution in [2.24, 2.45) is 10.3 Å². The van der Waals surface area contributed by atoms with E-state index in [-0.39, 0.29) is 28.9 Å². The van der Waals surface area contributed by atoms with Crippen molar-refractivity contribution in [2.45, 2.75) is 103 Å². The van der Waals surface area contributed by atoms with Crippen LogP contribution in [0.25, 0.3) is 28.1 Å². The highest BCUT2D eigenvalue weighted by molar-refractivity contribution is 7.93. The maximum absolute atomic E-state index is 15.6. The van der Waals surface area contributed by atoms with Crippen LogP contribution in [0.2, 0.25) is 0 Å². The van der Waals surface area contributed by atoms with E-state index in [9.17, 15) is 13.8 Å². The number of ether oxygens (including phenoxy) is 1. The second kappa shape index (κ2) is 15.0. The molecule has 0 radical (unpaired) electrons. The summed E-state index contributed by atoms with van der Waals surface area (Å²) >= 11 is 0. The number of aryl methyl sites for hydroxylation is 3. The van der Waals surface area contributed by atoms with E-state index in [0.717, 1.165) is 35.0 Å². The van der Waals surface area contributed by atoms with Gasteiger partial charge < -0.3 is 19.0 Å². The molecule has 3 fully saturated rings. The van der Waals surface area contributed by atoms with Crippen molar-refractivity contribution in [3.05, 3.63) is 122 Å². The number of amides is 2. The first-order valence-corrected chi connectivity index (χ1v) is 24.9. The summed E-state index contributed by atoms with van der Waals surface area (Å²) < 4.78 is 45.4. The van der Waals surface area contributed by atoms with Crippen LogP contribution in [-0.4, -0.2) is 81.5 Å². The Morgan fingerprint density at radius 3 is 2.42 bits per heavy atom. The van der Waals surface area contributed by atoms with E-state index in [2.05, 4.69) is 58.7 Å². The number of aromatic nitrogens is 5. The van der Waals surface area contributed by atoms with Crippen LogP contribution in [0.4, 0.5) is 14.9 Å². The molecule has 2 N–H and O–H groups in total. The molecule has 15 nitrogen and oxygen atoms in total. The molecule has 1 saturated carbocycles. The van der Waals surface area contributed by atoms with Gasteiger partial charge in [-0.3, -0.25) is 19.2 Å². The number of halogens is 1. The van der Waals surface area contributed by atoms with Crippen LogP contribution in [0.3, 0.4) is 0 Å². The smallest absolute Gasteiger partial charge is 0.376 e. The minimum atomic E-state index is -2.31. The van der Waals surface area contributed by atoms with E-state index < -0.39 is 33.6 Å². The molecule has 4 aliphatic heterocycles. The number of nitrogens with zero attached hydrogens (tertiary/aromatic N) is 7. The van der Waals surface area contributed by atoms with Crippen molar-refractivity contribution < 1.29 is 27.8 Å². The minimum absolute atomic E-state index is 0.0846. The Kier molecular flexibility index (Phi) is 9.67. The van der Waals surface area contributed by atoms with Gasteiger partial charge in [0.05, 0.1) is 39.9 Å². The highest BCUT2D eigenvalue weighted by atomic mass is 32.2. The van der Waals surface area contributed by atoms with Gasteiger partial charge in [-0.1, -0.05) is 13.0 Å². The third kappa shape index (κ3) is 6.75. The lowest BCUT2D eigenvalue weighted by molar-refractivity contribution is -0.0592. The van der Waals surface area contributed by atoms with Crippen molar-refractivity contribution in [3.8, 4) is 17.2 Å². The molecule has 0 spiro atoms. The molecule has 2 saturated heterocycles. The number of imidazole rings is 1. The molecular weight excluding hydrogens is 862 g/mol. The summed E-state index contributed by atoms with van der Waals surface area (Å²) in [5.41, 5.74) is 9.28. The predicted octanol–water partition coefficient (Wildman–Crippen LogP) is 7.55. The fourth-order valence-corrected chi connectivity index (χ4v) is 12.5. The van der Waals surface area contributed by atoms with Crippen molar-refractivity contribution >= 4 is 38.3 Å². The first-order chi connectivity index (χ1) is 31.4. The zero-order valence-corrected chi connectivity index (χ0v) is 39.0. The first kappa shape index (κ1) is 42.6. The topological polar surface area (TPSA) is 159 Å². The number of rotatable bonds is 7. The van der Waals surface area contributed by atoms with Gasteiger partial charge in [-0.05, 0) is 143 Å². The third-order valence-corrected chi connectivity index (χ3v) is 16.3. The highest BCUT2D eigenvalue weighted by Gasteiger charge is 2.62. The summed E-state index contributed by atoms with van der Waals surface area (Å²) in [4.78, 5) is 50.0. The Labute approximate surface area is 382 Å². The Morgan fingerprint density at radius 1 is 0.955 bits per heavy atom. The lowest BCUT2D eigenvalue weighted by Gasteiger charge is -2.36. The van der Waals surface area contributed by atoms with Crippen molar-refractivity contribution in [1.82, 2.24) is 39.2 Å². The maximum Gasteiger partial charge on any atom is 0.427 e. The van der Waals surface area contributed by atoms with Crippen LogP contribution in [0.5, 0.6) is 0 Å². The normalized spacial score (nSPS) is 26.7. The molecule has 0 bridgehead atoms. The van der Waals surface area contributed by atoms with Crippen LogP contribution in [0.15, 0.2) is 76.1 Å². The maximum atomic E-state index is 15.6. The lowest BCUT2D eigenvalue weighted by Crippen LogP contribution is -2.49. The second-order valence-electron chi connectivity index (χ2n) is 19.7. The number of carbonyl (C=O) groups excluding carboxylic acids is 2. The van der Waals surface area contributed by atoms with E-state index in [1.54, 1.807) is 70.6 Å². The summed E-state index contributed by atoms with van der Waals surface area (Å²) in [6.07, 6.45) is 7.37. The molecule has 2 amide bonds. The Bertz CT molecular complexity index is 3220. The zero-order valence-electron chi connectivity index (χ0n) is 38.2. The average molecular weight is 916 g/mol. The molecule has 1 aliphatic carbocycles. The molecule has 5 aliphatic rings. The number of fused-ring (bicyclic) bond motifs is 3. The standard InChI is InChI=1S/C49H54FN9O6S/c1-27-20-36(21-28(2)42(27)50)59-43(57-17-16-56(47(57)62)35-9-10-37-32(23-35)14-19-66(7,63)54-37)41-30(4)55(15-12-38(41)52-59)44(60)40-24-34-22-31(33-13-18-64-48(5,6)26-33)8-11-39(34)58(40)49(25-29(49)3)45-51-46(61)65-53-45/h8-11,16-17,20-24,29-30,33,45,53H,12-15,18-19,25-26H2,1-7H3,(H,51,61)/t29-,30-,33-,45?,49-,66-/m0/s1. The van der Waals surface area contributed by atoms with Crippen LogP contribution in [0.1, 0.15) is 103 Å². The largest absolute Gasteiger partial charge is 0.427 e. The van der Waals surface area contributed by atoms with Crippen LogP contribution >= 0.6 is 0 Å². The van der Waals surface area contributed by atoms with Crippen molar-refractivity contribution in [1.29, 1.82) is 0 Å². The fourth-order valence-electron chi connectivity index (χ4n) is 11.2.